The third-order valence-corrected chi connectivity index (χ3v) is 5.45. The van der Waals surface area contributed by atoms with Crippen molar-refractivity contribution in [3.8, 4) is 11.5 Å². The van der Waals surface area contributed by atoms with Gasteiger partial charge in [-0.25, -0.2) is 23.2 Å². The molecule has 1 atom stereocenters. The van der Waals surface area contributed by atoms with E-state index in [2.05, 4.69) is 4.74 Å². The number of hydrogen-bond acceptors (Lipinski definition) is 9. The minimum atomic E-state index is -3.29. The van der Waals surface area contributed by atoms with E-state index < -0.39 is 36.1 Å². The average molecular weight is 587 g/mol. The molecule has 0 spiro atoms. The number of benzene rings is 3. The molecule has 42 heavy (non-hydrogen) atoms. The van der Waals surface area contributed by atoms with Gasteiger partial charge in [0.05, 0.1) is 24.3 Å². The summed E-state index contributed by atoms with van der Waals surface area (Å²) in [5, 5.41) is 0. The molecule has 3 aromatic carbocycles. The minimum Gasteiger partial charge on any atom is -0.462 e. The predicted octanol–water partition coefficient (Wildman–Crippen LogP) is 5.45. The van der Waals surface area contributed by atoms with Gasteiger partial charge in [0.1, 0.15) is 11.5 Å². The highest BCUT2D eigenvalue weighted by molar-refractivity contribution is 5.92. The summed E-state index contributed by atoms with van der Waals surface area (Å²) in [6.07, 6.45) is -3.35. The summed E-state index contributed by atoms with van der Waals surface area (Å²) in [6.45, 7) is 3.48. The molecule has 0 heterocycles. The first-order valence-corrected chi connectivity index (χ1v) is 12.5. The first-order valence-electron chi connectivity index (χ1n) is 12.5. The summed E-state index contributed by atoms with van der Waals surface area (Å²) < 4.78 is 57.8. The topological polar surface area (TPSA) is 140 Å². The van der Waals surface area contributed by atoms with Crippen LogP contribution >= 0.6 is 0 Å². The van der Waals surface area contributed by atoms with Gasteiger partial charge in [-0.15, -0.1) is 0 Å². The number of hydrogen-bond donors (Lipinski definition) is 2. The van der Waals surface area contributed by atoms with Crippen molar-refractivity contribution in [3.05, 3.63) is 89.5 Å². The Kier molecular flexibility index (Phi) is 10.6. The molecule has 0 aliphatic carbocycles. The molecule has 0 aliphatic rings. The maximum atomic E-state index is 13.0. The molecule has 0 saturated heterocycles. The fraction of sp³-hybridized carbons (Fsp3) is 0.233. The van der Waals surface area contributed by atoms with Gasteiger partial charge in [-0.05, 0) is 66.2 Å². The fourth-order valence-electron chi connectivity index (χ4n) is 3.32. The molecular formula is C30H29F3N2O7. The minimum absolute atomic E-state index is 0.0214. The third-order valence-electron chi connectivity index (χ3n) is 5.45. The van der Waals surface area contributed by atoms with E-state index in [9.17, 15) is 27.6 Å². The Balaban J connectivity index is 1.45. The summed E-state index contributed by atoms with van der Waals surface area (Å²) in [7, 11) is 0. The zero-order valence-electron chi connectivity index (χ0n) is 22.7. The van der Waals surface area contributed by atoms with E-state index in [1.807, 2.05) is 0 Å². The van der Waals surface area contributed by atoms with Gasteiger partial charge < -0.3 is 30.4 Å². The lowest BCUT2D eigenvalue weighted by molar-refractivity contribution is -0.141. The number of carbonyl (C=O) groups excluding carboxylic acids is 3. The Morgan fingerprint density at radius 2 is 1.36 bits per heavy atom. The predicted molar refractivity (Wildman–Crippen MR) is 149 cm³/mol. The first-order chi connectivity index (χ1) is 19.8. The van der Waals surface area contributed by atoms with Crippen LogP contribution in [-0.2, 0) is 14.3 Å². The van der Waals surface area contributed by atoms with Gasteiger partial charge in [-0.1, -0.05) is 26.0 Å². The largest absolute Gasteiger partial charge is 0.462 e. The second-order valence-electron chi connectivity index (χ2n) is 9.86. The van der Waals surface area contributed by atoms with Crippen LogP contribution in [0, 0.1) is 5.41 Å². The van der Waals surface area contributed by atoms with Crippen molar-refractivity contribution in [2.24, 2.45) is 5.41 Å². The van der Waals surface area contributed by atoms with E-state index in [0.717, 1.165) is 0 Å². The molecule has 12 heteroatoms. The molecule has 0 radical (unpaired) electrons. The van der Waals surface area contributed by atoms with E-state index >= 15 is 0 Å². The Morgan fingerprint density at radius 3 is 1.95 bits per heavy atom. The number of ether oxygens (including phenoxy) is 4. The first kappa shape index (κ1) is 31.5. The van der Waals surface area contributed by atoms with Gasteiger partial charge in [-0.2, -0.15) is 4.39 Å². The van der Waals surface area contributed by atoms with Crippen LogP contribution in [0.3, 0.4) is 0 Å². The van der Waals surface area contributed by atoms with Crippen molar-refractivity contribution in [2.45, 2.75) is 26.6 Å². The molecule has 0 fully saturated rings. The Labute approximate surface area is 239 Å². The zero-order chi connectivity index (χ0) is 30.9. The Bertz CT molecular complexity index is 1410. The fourth-order valence-corrected chi connectivity index (χ4v) is 3.32. The molecule has 222 valence electrons. The lowest BCUT2D eigenvalue weighted by Gasteiger charge is -2.23. The van der Waals surface area contributed by atoms with Gasteiger partial charge in [0.2, 0.25) is 0 Å². The standard InChI is InChI=1S/C30H29F3N2O7/c1-30(2,17-40-28(37)20-13-21(34)15-22(35)14-20)16-39-25(36)12-5-18-3-8-24(9-4-18)42-29(38)19-6-10-23(11-7-19)41-27(33)26(31)32/h3-15,26-27H,16-17,34-35H2,1-2H3. The summed E-state index contributed by atoms with van der Waals surface area (Å²) in [4.78, 5) is 36.8. The van der Waals surface area contributed by atoms with Gasteiger partial charge in [0.15, 0.2) is 0 Å². The quantitative estimate of drug-likeness (QED) is 0.123. The maximum Gasteiger partial charge on any atom is 0.343 e. The smallest absolute Gasteiger partial charge is 0.343 e. The number of carbonyl (C=O) groups is 3. The van der Waals surface area contributed by atoms with Gasteiger partial charge in [0, 0.05) is 22.9 Å². The monoisotopic (exact) mass is 586 g/mol. The SMILES string of the molecule is CC(C)(COC(=O)C=Cc1ccc(OC(=O)c2ccc(OC(F)C(F)F)cc2)cc1)COC(=O)c1cc(N)cc(N)c1. The highest BCUT2D eigenvalue weighted by Crippen LogP contribution is 2.21. The molecular weight excluding hydrogens is 557 g/mol. The average Bonchev–Trinajstić information content (AvgIpc) is 2.94. The number of nitrogens with two attached hydrogens (primary N) is 2. The van der Waals surface area contributed by atoms with Crippen LogP contribution in [0.1, 0.15) is 40.1 Å². The molecule has 0 amide bonds. The van der Waals surface area contributed by atoms with Gasteiger partial charge in [0.25, 0.3) is 6.36 Å². The van der Waals surface area contributed by atoms with Crippen LogP contribution < -0.4 is 20.9 Å². The summed E-state index contributed by atoms with van der Waals surface area (Å²) in [5.41, 5.74) is 12.3. The van der Waals surface area contributed by atoms with Crippen molar-refractivity contribution in [1.29, 1.82) is 0 Å². The van der Waals surface area contributed by atoms with E-state index in [0.29, 0.717) is 16.9 Å². The number of halogens is 3. The second-order valence-corrected chi connectivity index (χ2v) is 9.86. The number of anilines is 2. The van der Waals surface area contributed by atoms with Gasteiger partial charge in [-0.3, -0.25) is 0 Å². The summed E-state index contributed by atoms with van der Waals surface area (Å²) >= 11 is 0. The highest BCUT2D eigenvalue weighted by Gasteiger charge is 2.23. The molecule has 3 aromatic rings. The molecule has 0 aromatic heterocycles. The van der Waals surface area contributed by atoms with Crippen molar-refractivity contribution >= 4 is 35.4 Å². The van der Waals surface area contributed by atoms with E-state index in [1.54, 1.807) is 26.0 Å². The summed E-state index contributed by atoms with van der Waals surface area (Å²) in [5.74, 6) is -1.91. The maximum absolute atomic E-state index is 13.0. The second kappa shape index (κ2) is 14.1. The van der Waals surface area contributed by atoms with E-state index in [4.69, 9.17) is 25.7 Å². The van der Waals surface area contributed by atoms with Crippen LogP contribution in [0.5, 0.6) is 11.5 Å². The zero-order valence-corrected chi connectivity index (χ0v) is 22.7. The molecule has 9 nitrogen and oxygen atoms in total. The number of esters is 3. The van der Waals surface area contributed by atoms with E-state index in [1.165, 1.54) is 66.7 Å². The molecule has 0 aliphatic heterocycles. The van der Waals surface area contributed by atoms with Crippen molar-refractivity contribution in [1.82, 2.24) is 0 Å². The molecule has 0 bridgehead atoms. The third kappa shape index (κ3) is 9.88. The van der Waals surface area contributed by atoms with Crippen molar-refractivity contribution in [2.75, 3.05) is 24.7 Å². The van der Waals surface area contributed by atoms with Crippen LogP contribution in [0.25, 0.3) is 6.08 Å². The van der Waals surface area contributed by atoms with Crippen LogP contribution in [0.4, 0.5) is 24.5 Å². The molecule has 3 rings (SSSR count). The number of nitrogen functional groups attached to an aromatic ring is 2. The Hall–Kier alpha value is -5.00. The number of alkyl halides is 3. The lowest BCUT2D eigenvalue weighted by Crippen LogP contribution is -2.28. The number of rotatable bonds is 12. The normalized spacial score (nSPS) is 12.1. The van der Waals surface area contributed by atoms with Crippen LogP contribution in [0.2, 0.25) is 0 Å². The molecule has 4 N–H and O–H groups in total. The van der Waals surface area contributed by atoms with Crippen molar-refractivity contribution < 1.29 is 46.5 Å². The summed E-state index contributed by atoms with van der Waals surface area (Å²) in [6, 6.07) is 15.5. The molecule has 1 unspecified atom stereocenters. The molecule has 0 saturated carbocycles. The van der Waals surface area contributed by atoms with Crippen LogP contribution in [0.15, 0.2) is 72.8 Å². The van der Waals surface area contributed by atoms with Crippen LogP contribution in [-0.4, -0.2) is 43.9 Å². The Morgan fingerprint density at radius 1 is 0.786 bits per heavy atom. The van der Waals surface area contributed by atoms with Crippen molar-refractivity contribution in [3.63, 3.8) is 0 Å². The lowest BCUT2D eigenvalue weighted by atomic mass is 9.96. The van der Waals surface area contributed by atoms with E-state index in [-0.39, 0.29) is 35.8 Å². The van der Waals surface area contributed by atoms with Gasteiger partial charge >= 0.3 is 24.3 Å². The highest BCUT2D eigenvalue weighted by atomic mass is 19.3.